The number of carbonyl (C=O) groups excluding carboxylic acids is 4. The van der Waals surface area contributed by atoms with Crippen molar-refractivity contribution in [3.8, 4) is 0 Å². The molecule has 5 atom stereocenters. The van der Waals surface area contributed by atoms with Crippen LogP contribution in [0.4, 0.5) is 0 Å². The number of allylic oxidation sites excluding steroid dienone is 2. The van der Waals surface area contributed by atoms with Crippen molar-refractivity contribution >= 4 is 33.4 Å². The van der Waals surface area contributed by atoms with Crippen molar-refractivity contribution < 1.29 is 31.9 Å². The highest BCUT2D eigenvalue weighted by Gasteiger charge is 2.88. The van der Waals surface area contributed by atoms with Crippen molar-refractivity contribution in [2.45, 2.75) is 33.1 Å². The molecule has 1 amide bonds. The van der Waals surface area contributed by atoms with Crippen LogP contribution in [-0.2, 0) is 24.0 Å². The molecule has 0 N–H and O–H groups in total. The molecule has 0 heterocycles. The largest absolute Gasteiger partial charge is 0.299 e. The van der Waals surface area contributed by atoms with Crippen molar-refractivity contribution in [1.82, 2.24) is 5.06 Å². The summed E-state index contributed by atoms with van der Waals surface area (Å²) >= 11 is 0. The number of likely N-dealkylation sites (N-methyl/N-ethyl adjacent to an activating group) is 1. The zero-order valence-electron chi connectivity index (χ0n) is 20.3. The molecular weight excluding hydrogens is 482 g/mol. The molecule has 9 heteroatoms. The number of fused-ring (bicyclic) bond motifs is 2. The first-order chi connectivity index (χ1) is 16.9. The molecule has 0 saturated heterocycles. The van der Waals surface area contributed by atoms with Gasteiger partial charge in [-0.05, 0) is 29.6 Å². The van der Waals surface area contributed by atoms with Crippen LogP contribution >= 0.6 is 0 Å². The molecule has 3 saturated carbocycles. The van der Waals surface area contributed by atoms with Crippen LogP contribution in [0.3, 0.4) is 0 Å². The quantitative estimate of drug-likeness (QED) is 0.561. The molecule has 0 aromatic heterocycles. The molecule has 5 aliphatic rings. The topological polar surface area (TPSA) is 115 Å². The number of hydroxylamine groups is 2. The first kappa shape index (κ1) is 23.5. The summed E-state index contributed by atoms with van der Waals surface area (Å²) in [6.07, 6.45) is 6.09. The van der Waals surface area contributed by atoms with Gasteiger partial charge in [-0.2, -0.15) is 8.42 Å². The summed E-state index contributed by atoms with van der Waals surface area (Å²) in [5.74, 6) is -3.04. The number of hydrogen-bond donors (Lipinski definition) is 0. The highest BCUT2D eigenvalue weighted by Crippen LogP contribution is 2.89. The fourth-order valence-electron chi connectivity index (χ4n) is 7.89. The van der Waals surface area contributed by atoms with Crippen molar-refractivity contribution in [3.63, 3.8) is 0 Å². The van der Waals surface area contributed by atoms with Gasteiger partial charge >= 0.3 is 0 Å². The Balaban J connectivity index is 1.20. The number of Topliss-reactive ketones (excluding diaryl/α,β-unsaturated/α-hetero) is 3. The highest BCUT2D eigenvalue weighted by molar-refractivity contribution is 7.86. The van der Waals surface area contributed by atoms with E-state index < -0.39 is 39.0 Å². The fourth-order valence-corrected chi connectivity index (χ4v) is 9.51. The molecule has 6 rings (SSSR count). The third-order valence-corrected chi connectivity index (χ3v) is 11.0. The maximum absolute atomic E-state index is 13.1. The molecule has 1 spiro atoms. The van der Waals surface area contributed by atoms with Gasteiger partial charge in [-0.1, -0.05) is 56.3 Å². The van der Waals surface area contributed by atoms with E-state index >= 15 is 0 Å². The number of carbonyl (C=O) groups is 4. The van der Waals surface area contributed by atoms with Crippen LogP contribution in [0.25, 0.3) is 0 Å². The molecule has 0 bridgehead atoms. The summed E-state index contributed by atoms with van der Waals surface area (Å²) in [5, 5.41) is 0.631. The van der Waals surface area contributed by atoms with E-state index in [0.29, 0.717) is 29.0 Å². The minimum absolute atomic E-state index is 0.0241. The lowest BCUT2D eigenvalue weighted by atomic mass is 9.55. The summed E-state index contributed by atoms with van der Waals surface area (Å²) in [6.45, 7) is 4.18. The molecule has 3 fully saturated rings. The van der Waals surface area contributed by atoms with Gasteiger partial charge in [-0.15, -0.1) is 4.28 Å². The summed E-state index contributed by atoms with van der Waals surface area (Å²) in [7, 11) is -3.06. The van der Waals surface area contributed by atoms with Gasteiger partial charge in [0.05, 0.1) is 23.0 Å². The average Bonchev–Trinajstić information content (AvgIpc) is 3.28. The van der Waals surface area contributed by atoms with Crippen molar-refractivity contribution in [1.29, 1.82) is 0 Å². The van der Waals surface area contributed by atoms with Crippen LogP contribution in [0.1, 0.15) is 53.8 Å². The smallest absolute Gasteiger partial charge is 0.289 e. The van der Waals surface area contributed by atoms with E-state index in [9.17, 15) is 27.6 Å². The minimum Gasteiger partial charge on any atom is -0.299 e. The molecule has 188 valence electrons. The standard InChI is InChI=1S/C27H27NO7S/c1-25(2)20-13-21(29)26(10-11-27(20,25)26)14-36(33,34)35-28(3)24(32)15-8-9-18-19(12-15)23(31)17-7-5-4-6-16(17)22(18)30/h4-9,12,18-20H,10-11,13-14H2,1-3H3. The van der Waals surface area contributed by atoms with Gasteiger partial charge in [0.2, 0.25) is 0 Å². The molecular formula is C27H27NO7S. The SMILES string of the molecule is CN(OS(=O)(=O)CC12CCC13C(CC2=O)C3(C)C)C(=O)C1=CC2C(=O)c3ccccc3C(=O)C2C=C1. The Kier molecular flexibility index (Phi) is 4.63. The minimum atomic E-state index is -4.25. The average molecular weight is 510 g/mol. The first-order valence-electron chi connectivity index (χ1n) is 12.2. The Hall–Kier alpha value is -2.91. The van der Waals surface area contributed by atoms with Gasteiger partial charge < -0.3 is 0 Å². The van der Waals surface area contributed by atoms with Gasteiger partial charge in [0, 0.05) is 30.2 Å². The summed E-state index contributed by atoms with van der Waals surface area (Å²) in [5.41, 5.74) is -0.571. The van der Waals surface area contributed by atoms with E-state index in [1.165, 1.54) is 25.3 Å². The fraction of sp³-hybridized carbons (Fsp3) is 0.481. The Bertz CT molecular complexity index is 1440. The maximum atomic E-state index is 13.1. The predicted molar refractivity (Wildman–Crippen MR) is 128 cm³/mol. The van der Waals surface area contributed by atoms with Crippen LogP contribution < -0.4 is 0 Å². The van der Waals surface area contributed by atoms with Crippen molar-refractivity contribution in [2.24, 2.45) is 34.0 Å². The molecule has 36 heavy (non-hydrogen) atoms. The van der Waals surface area contributed by atoms with Crippen LogP contribution in [-0.4, -0.2) is 49.5 Å². The predicted octanol–water partition coefficient (Wildman–Crippen LogP) is 2.91. The van der Waals surface area contributed by atoms with Crippen LogP contribution in [0.15, 0.2) is 48.1 Å². The lowest BCUT2D eigenvalue weighted by Crippen LogP contribution is -2.53. The van der Waals surface area contributed by atoms with Gasteiger partial charge in [0.15, 0.2) is 11.6 Å². The Morgan fingerprint density at radius 3 is 2.31 bits per heavy atom. The number of nitrogens with zero attached hydrogens (tertiary/aromatic N) is 1. The van der Waals surface area contributed by atoms with Crippen LogP contribution in [0, 0.1) is 34.0 Å². The molecule has 0 aliphatic heterocycles. The molecule has 1 aromatic rings. The van der Waals surface area contributed by atoms with Crippen molar-refractivity contribution in [3.05, 3.63) is 59.2 Å². The second kappa shape index (κ2) is 7.10. The third-order valence-electron chi connectivity index (χ3n) is 9.73. The lowest BCUT2D eigenvalue weighted by molar-refractivity contribution is -0.147. The van der Waals surface area contributed by atoms with Gasteiger partial charge in [0.25, 0.3) is 16.0 Å². The van der Waals surface area contributed by atoms with Gasteiger partial charge in [-0.25, -0.2) is 5.06 Å². The molecule has 8 nitrogen and oxygen atoms in total. The Labute approximate surface area is 209 Å². The Morgan fingerprint density at radius 1 is 1.06 bits per heavy atom. The highest BCUT2D eigenvalue weighted by atomic mass is 32.2. The monoisotopic (exact) mass is 509 g/mol. The zero-order chi connectivity index (χ0) is 25.8. The normalized spacial score (nSPS) is 35.1. The second-order valence-corrected chi connectivity index (χ2v) is 12.9. The van der Waals surface area contributed by atoms with Crippen LogP contribution in [0.2, 0.25) is 0 Å². The second-order valence-electron chi connectivity index (χ2n) is 11.3. The number of amides is 1. The third kappa shape index (κ3) is 2.75. The summed E-state index contributed by atoms with van der Waals surface area (Å²) in [4.78, 5) is 51.8. The molecule has 1 aromatic carbocycles. The number of benzene rings is 1. The number of hydrogen-bond acceptors (Lipinski definition) is 7. The lowest BCUT2D eigenvalue weighted by Gasteiger charge is -2.49. The van der Waals surface area contributed by atoms with E-state index in [0.717, 1.165) is 6.42 Å². The van der Waals surface area contributed by atoms with Gasteiger partial charge in [0.1, 0.15) is 5.78 Å². The Morgan fingerprint density at radius 2 is 1.69 bits per heavy atom. The van der Waals surface area contributed by atoms with E-state index in [1.807, 2.05) is 0 Å². The molecule has 0 radical (unpaired) electrons. The van der Waals surface area contributed by atoms with E-state index in [1.54, 1.807) is 24.3 Å². The summed E-state index contributed by atoms with van der Waals surface area (Å²) < 4.78 is 31.2. The molecule has 5 aliphatic carbocycles. The van der Waals surface area contributed by atoms with E-state index in [2.05, 4.69) is 13.8 Å². The zero-order valence-corrected chi connectivity index (χ0v) is 21.1. The van der Waals surface area contributed by atoms with Crippen molar-refractivity contribution in [2.75, 3.05) is 12.8 Å². The maximum Gasteiger partial charge on any atom is 0.289 e. The van der Waals surface area contributed by atoms with Gasteiger partial charge in [-0.3, -0.25) is 19.2 Å². The number of ketones is 3. The van der Waals surface area contributed by atoms with E-state index in [4.69, 9.17) is 4.28 Å². The van der Waals surface area contributed by atoms with Crippen LogP contribution in [0.5, 0.6) is 0 Å². The number of rotatable bonds is 5. The first-order valence-corrected chi connectivity index (χ1v) is 13.8. The molecule has 5 unspecified atom stereocenters. The van der Waals surface area contributed by atoms with E-state index in [-0.39, 0.29) is 39.7 Å². The summed E-state index contributed by atoms with van der Waals surface area (Å²) in [6, 6.07) is 6.58.